The second-order valence-electron chi connectivity index (χ2n) is 6.65. The van der Waals surface area contributed by atoms with Crippen LogP contribution in [0.3, 0.4) is 0 Å². The van der Waals surface area contributed by atoms with E-state index in [2.05, 4.69) is 15.4 Å². The highest BCUT2D eigenvalue weighted by molar-refractivity contribution is 5.97. The van der Waals surface area contributed by atoms with Gasteiger partial charge in [0.15, 0.2) is 0 Å². The highest BCUT2D eigenvalue weighted by Crippen LogP contribution is 2.31. The Morgan fingerprint density at radius 1 is 1.12 bits per heavy atom. The quantitative estimate of drug-likeness (QED) is 0.758. The molecule has 0 spiro atoms. The monoisotopic (exact) mass is 354 g/mol. The van der Waals surface area contributed by atoms with Crippen molar-refractivity contribution in [2.24, 2.45) is 5.92 Å². The van der Waals surface area contributed by atoms with Crippen LogP contribution in [0, 0.1) is 11.7 Å². The van der Waals surface area contributed by atoms with Gasteiger partial charge in [0.1, 0.15) is 16.9 Å². The molecule has 6 nitrogen and oxygen atoms in total. The van der Waals surface area contributed by atoms with Crippen molar-refractivity contribution >= 4 is 16.9 Å². The van der Waals surface area contributed by atoms with Gasteiger partial charge in [-0.25, -0.2) is 4.39 Å². The maximum absolute atomic E-state index is 13.0. The molecule has 1 atom stereocenters. The summed E-state index contributed by atoms with van der Waals surface area (Å²) in [5, 5.41) is 21.1. The van der Waals surface area contributed by atoms with Gasteiger partial charge in [-0.2, -0.15) is 15.4 Å². The number of aliphatic hydroxyl groups is 1. The van der Waals surface area contributed by atoms with Gasteiger partial charge < -0.3 is 10.0 Å². The zero-order chi connectivity index (χ0) is 18.1. The predicted molar refractivity (Wildman–Crippen MR) is 93.9 cm³/mol. The number of carbonyl (C=O) groups is 1. The number of piperidine rings is 1. The lowest BCUT2D eigenvalue weighted by molar-refractivity contribution is 0.0462. The first-order valence-corrected chi connectivity index (χ1v) is 8.65. The largest absolute Gasteiger partial charge is 0.388 e. The first kappa shape index (κ1) is 16.7. The van der Waals surface area contributed by atoms with Crippen molar-refractivity contribution in [1.29, 1.82) is 0 Å². The van der Waals surface area contributed by atoms with Crippen LogP contribution in [0.15, 0.2) is 42.5 Å². The van der Waals surface area contributed by atoms with Crippen LogP contribution in [0.2, 0.25) is 0 Å². The first-order valence-electron chi connectivity index (χ1n) is 8.65. The van der Waals surface area contributed by atoms with E-state index >= 15 is 0 Å². The average molecular weight is 354 g/mol. The molecule has 1 fully saturated rings. The summed E-state index contributed by atoms with van der Waals surface area (Å²) in [4.78, 5) is 14.5. The Labute approximate surface area is 149 Å². The number of carbonyl (C=O) groups excluding carboxylic acids is 1. The van der Waals surface area contributed by atoms with E-state index in [1.54, 1.807) is 35.2 Å². The maximum atomic E-state index is 13.0. The molecule has 1 unspecified atom stereocenters. The van der Waals surface area contributed by atoms with E-state index in [0.717, 1.165) is 5.52 Å². The number of nitrogens with zero attached hydrogens (tertiary/aromatic N) is 3. The van der Waals surface area contributed by atoms with Crippen LogP contribution in [0.4, 0.5) is 4.39 Å². The van der Waals surface area contributed by atoms with Crippen molar-refractivity contribution in [3.8, 4) is 0 Å². The highest BCUT2D eigenvalue weighted by Gasteiger charge is 2.28. The lowest BCUT2D eigenvalue weighted by Gasteiger charge is -2.34. The van der Waals surface area contributed by atoms with Crippen molar-refractivity contribution in [2.75, 3.05) is 13.1 Å². The van der Waals surface area contributed by atoms with Gasteiger partial charge in [0, 0.05) is 18.7 Å². The van der Waals surface area contributed by atoms with Crippen LogP contribution < -0.4 is 0 Å². The summed E-state index contributed by atoms with van der Waals surface area (Å²) in [5.74, 6) is -0.294. The number of H-pyrrole nitrogens is 1. The average Bonchev–Trinajstić information content (AvgIpc) is 3.15. The molecule has 1 aliphatic rings. The van der Waals surface area contributed by atoms with Crippen LogP contribution in [0.25, 0.3) is 11.0 Å². The molecule has 0 aliphatic carbocycles. The molecule has 1 aliphatic heterocycles. The highest BCUT2D eigenvalue weighted by atomic mass is 19.1. The van der Waals surface area contributed by atoms with Gasteiger partial charge in [0.2, 0.25) is 0 Å². The summed E-state index contributed by atoms with van der Waals surface area (Å²) < 4.78 is 13.0. The minimum absolute atomic E-state index is 0.0374. The number of hydrogen-bond donors (Lipinski definition) is 2. The van der Waals surface area contributed by atoms with Crippen LogP contribution in [0.1, 0.15) is 34.9 Å². The van der Waals surface area contributed by atoms with Gasteiger partial charge in [-0.15, -0.1) is 0 Å². The van der Waals surface area contributed by atoms with E-state index in [9.17, 15) is 14.3 Å². The number of benzene rings is 2. The van der Waals surface area contributed by atoms with E-state index in [-0.39, 0.29) is 17.6 Å². The molecule has 1 saturated heterocycles. The third-order valence-corrected chi connectivity index (χ3v) is 5.05. The topological polar surface area (TPSA) is 82.1 Å². The molecule has 7 heteroatoms. The summed E-state index contributed by atoms with van der Waals surface area (Å²) >= 11 is 0. The van der Waals surface area contributed by atoms with Gasteiger partial charge in [0.25, 0.3) is 5.91 Å². The summed E-state index contributed by atoms with van der Waals surface area (Å²) in [7, 11) is 0. The number of likely N-dealkylation sites (tertiary alicyclic amines) is 1. The van der Waals surface area contributed by atoms with Crippen molar-refractivity contribution in [2.45, 2.75) is 18.9 Å². The number of halogens is 1. The van der Waals surface area contributed by atoms with Gasteiger partial charge in [-0.05, 0) is 54.7 Å². The zero-order valence-corrected chi connectivity index (χ0v) is 14.1. The lowest BCUT2D eigenvalue weighted by Crippen LogP contribution is -2.39. The third-order valence-electron chi connectivity index (χ3n) is 5.05. The summed E-state index contributed by atoms with van der Waals surface area (Å²) in [6.07, 6.45) is 0.770. The number of rotatable bonds is 3. The number of aromatic nitrogens is 3. The predicted octanol–water partition coefficient (Wildman–Crippen LogP) is 2.68. The molecule has 1 amide bonds. The van der Waals surface area contributed by atoms with E-state index in [0.29, 0.717) is 42.6 Å². The molecular formula is C19H19FN4O2. The van der Waals surface area contributed by atoms with Crippen molar-refractivity contribution < 1.29 is 14.3 Å². The minimum atomic E-state index is -0.640. The Bertz CT molecular complexity index is 917. The fourth-order valence-corrected chi connectivity index (χ4v) is 3.51. The van der Waals surface area contributed by atoms with E-state index in [1.165, 1.54) is 12.1 Å². The Morgan fingerprint density at radius 3 is 2.54 bits per heavy atom. The molecule has 26 heavy (non-hydrogen) atoms. The Hall–Kier alpha value is -2.80. The number of aromatic amines is 1. The fourth-order valence-electron chi connectivity index (χ4n) is 3.51. The number of hydrogen-bond acceptors (Lipinski definition) is 4. The van der Waals surface area contributed by atoms with Crippen molar-refractivity contribution in [1.82, 2.24) is 20.3 Å². The smallest absolute Gasteiger partial charge is 0.253 e. The first-order chi connectivity index (χ1) is 12.6. The molecule has 0 saturated carbocycles. The summed E-state index contributed by atoms with van der Waals surface area (Å²) in [6, 6.07) is 11.2. The molecule has 4 rings (SSSR count). The normalized spacial score (nSPS) is 16.8. The molecule has 134 valence electrons. The second kappa shape index (κ2) is 6.84. The van der Waals surface area contributed by atoms with Gasteiger partial charge >= 0.3 is 0 Å². The lowest BCUT2D eigenvalue weighted by atomic mass is 9.87. The molecule has 0 bridgehead atoms. The molecule has 2 aromatic carbocycles. The van der Waals surface area contributed by atoms with Crippen molar-refractivity contribution in [3.05, 3.63) is 59.4 Å². The number of nitrogens with one attached hydrogen (secondary N) is 1. The third kappa shape index (κ3) is 3.17. The minimum Gasteiger partial charge on any atom is -0.388 e. The molecule has 1 aromatic heterocycles. The van der Waals surface area contributed by atoms with Crippen molar-refractivity contribution in [3.63, 3.8) is 0 Å². The van der Waals surface area contributed by atoms with Crippen LogP contribution in [-0.2, 0) is 0 Å². The van der Waals surface area contributed by atoms with E-state index < -0.39 is 6.10 Å². The van der Waals surface area contributed by atoms with Gasteiger partial charge in [-0.1, -0.05) is 12.1 Å². The molecule has 2 N–H and O–H groups in total. The molecule has 0 radical (unpaired) electrons. The van der Waals surface area contributed by atoms with E-state index in [4.69, 9.17) is 0 Å². The maximum Gasteiger partial charge on any atom is 0.253 e. The fraction of sp³-hybridized carbons (Fsp3) is 0.316. The summed E-state index contributed by atoms with van der Waals surface area (Å²) in [6.45, 7) is 1.16. The number of fused-ring (bicyclic) bond motifs is 1. The Morgan fingerprint density at radius 2 is 1.81 bits per heavy atom. The summed E-state index contributed by atoms with van der Waals surface area (Å²) in [5.41, 5.74) is 2.69. The van der Waals surface area contributed by atoms with Crippen LogP contribution in [0.5, 0.6) is 0 Å². The zero-order valence-electron chi connectivity index (χ0n) is 14.1. The van der Waals surface area contributed by atoms with Crippen LogP contribution in [-0.4, -0.2) is 44.4 Å². The molecule has 3 aromatic rings. The number of amides is 1. The Balaban J connectivity index is 1.41. The SMILES string of the molecule is O=C(c1ccc2n[nH]nc2c1)N1CCC(C(O)c2ccc(F)cc2)CC1. The standard InChI is InChI=1S/C19H19FN4O2/c20-15-4-1-12(2-5-15)18(25)13-7-9-24(10-8-13)19(26)14-3-6-16-17(11-14)22-23-21-16/h1-6,11,13,18,25H,7-10H2,(H,21,22,23). The second-order valence-corrected chi connectivity index (χ2v) is 6.65. The molecule has 2 heterocycles. The number of aliphatic hydroxyl groups excluding tert-OH is 1. The van der Waals surface area contributed by atoms with Crippen LogP contribution >= 0.6 is 0 Å². The molecular weight excluding hydrogens is 335 g/mol. The van der Waals surface area contributed by atoms with Gasteiger partial charge in [-0.3, -0.25) is 4.79 Å². The van der Waals surface area contributed by atoms with Gasteiger partial charge in [0.05, 0.1) is 6.10 Å². The Kier molecular flexibility index (Phi) is 4.38. The van der Waals surface area contributed by atoms with E-state index in [1.807, 2.05) is 0 Å².